The normalized spacial score (nSPS) is 12.6. The lowest BCUT2D eigenvalue weighted by molar-refractivity contribution is 0.110. The van der Waals surface area contributed by atoms with Gasteiger partial charge >= 0.3 is 0 Å². The van der Waals surface area contributed by atoms with Crippen LogP contribution >= 0.6 is 0 Å². The highest BCUT2D eigenvalue weighted by Crippen LogP contribution is 2.22. The van der Waals surface area contributed by atoms with Crippen molar-refractivity contribution in [2.24, 2.45) is 5.92 Å². The third-order valence-corrected chi connectivity index (χ3v) is 5.26. The Hall–Kier alpha value is -2.62. The van der Waals surface area contributed by atoms with Gasteiger partial charge in [0.05, 0.1) is 6.10 Å². The monoisotopic (exact) mass is 433 g/mol. The summed E-state index contributed by atoms with van der Waals surface area (Å²) < 4.78 is 26.4. The third kappa shape index (κ3) is 9.82. The molecule has 0 amide bonds. The molecular weight excluding hydrogens is 400 g/mol. The number of hydrogen-bond acceptors (Lipinski definition) is 4. The number of halogens is 2. The zero-order chi connectivity index (χ0) is 23.2. The number of aryl methyl sites for hydroxylation is 2. The smallest absolute Gasteiger partial charge is 0.123 e. The first-order valence-corrected chi connectivity index (χ1v) is 10.5. The molecule has 2 aromatic carbocycles. The molecule has 1 unspecified atom stereocenters. The minimum Gasteiger partial charge on any atom is -0.508 e. The summed E-state index contributed by atoms with van der Waals surface area (Å²) >= 11 is 0. The fourth-order valence-corrected chi connectivity index (χ4v) is 3.28. The Morgan fingerprint density at radius 1 is 0.871 bits per heavy atom. The molecule has 0 heterocycles. The number of rotatable bonds is 12. The lowest BCUT2D eigenvalue weighted by atomic mass is 9.95. The maximum Gasteiger partial charge on any atom is 0.123 e. The highest BCUT2D eigenvalue weighted by molar-refractivity contribution is 5.33. The molecule has 0 aliphatic rings. The van der Waals surface area contributed by atoms with Gasteiger partial charge in [-0.3, -0.25) is 0 Å². The summed E-state index contributed by atoms with van der Waals surface area (Å²) in [4.78, 5) is 0. The fraction of sp³-hybridized carbons (Fsp3) is 0.440. The van der Waals surface area contributed by atoms with E-state index in [9.17, 15) is 24.1 Å². The van der Waals surface area contributed by atoms with E-state index in [2.05, 4.69) is 18.2 Å². The van der Waals surface area contributed by atoms with Gasteiger partial charge in [-0.25, -0.2) is 8.78 Å². The second kappa shape index (κ2) is 14.4. The van der Waals surface area contributed by atoms with Crippen LogP contribution in [0.3, 0.4) is 0 Å². The number of phenols is 2. The molecule has 0 saturated heterocycles. The number of aliphatic hydroxyl groups excluding tert-OH is 1. The topological polar surface area (TPSA) is 72.7 Å². The largest absolute Gasteiger partial charge is 0.508 e. The summed E-state index contributed by atoms with van der Waals surface area (Å²) in [6.45, 7) is 3.18. The van der Waals surface area contributed by atoms with Gasteiger partial charge in [-0.1, -0.05) is 13.3 Å². The van der Waals surface area contributed by atoms with E-state index in [4.69, 9.17) is 0 Å². The summed E-state index contributed by atoms with van der Waals surface area (Å²) in [6, 6.07) is 7.90. The maximum absolute atomic E-state index is 13.3. The van der Waals surface area contributed by atoms with Gasteiger partial charge in [0.25, 0.3) is 0 Å². The molecule has 0 spiro atoms. The van der Waals surface area contributed by atoms with E-state index in [-0.39, 0.29) is 29.1 Å². The first kappa shape index (κ1) is 26.4. The van der Waals surface area contributed by atoms with Crippen LogP contribution < -0.4 is 5.32 Å². The van der Waals surface area contributed by atoms with Gasteiger partial charge in [-0.05, 0) is 92.1 Å². The summed E-state index contributed by atoms with van der Waals surface area (Å²) in [7, 11) is 0. The van der Waals surface area contributed by atoms with Crippen LogP contribution in [0.5, 0.6) is 11.5 Å². The fourth-order valence-electron chi connectivity index (χ4n) is 3.28. The zero-order valence-corrected chi connectivity index (χ0v) is 18.0. The summed E-state index contributed by atoms with van der Waals surface area (Å²) in [6.07, 6.45) is 12.0. The highest BCUT2D eigenvalue weighted by atomic mass is 19.1. The minimum atomic E-state index is -0.519. The van der Waals surface area contributed by atoms with E-state index in [1.54, 1.807) is 0 Å². The standard InChI is InChI=1S/C23H31F2NO3.C2H2/c1-16(6-7-18-14-20(25)9-11-22(18)28)23(29)15-26-12-4-2-3-5-17-13-19(24)8-10-21(17)27;1-2/h8-11,13-14,16,23,26-29H,2-7,12,15H2,1H3;1-2H/t16?,23-;/m0./s1. The van der Waals surface area contributed by atoms with Crippen LogP contribution in [0.1, 0.15) is 43.7 Å². The molecule has 6 heteroatoms. The second-order valence-corrected chi connectivity index (χ2v) is 7.64. The summed E-state index contributed by atoms with van der Waals surface area (Å²) in [5.74, 6) is -0.484. The van der Waals surface area contributed by atoms with Gasteiger partial charge in [0.15, 0.2) is 0 Å². The van der Waals surface area contributed by atoms with Crippen molar-refractivity contribution in [3.63, 3.8) is 0 Å². The Balaban J connectivity index is 0.00000233. The van der Waals surface area contributed by atoms with Crippen molar-refractivity contribution in [2.75, 3.05) is 13.1 Å². The van der Waals surface area contributed by atoms with Crippen molar-refractivity contribution in [2.45, 2.75) is 51.6 Å². The van der Waals surface area contributed by atoms with Gasteiger partial charge in [0, 0.05) is 6.54 Å². The van der Waals surface area contributed by atoms with Crippen molar-refractivity contribution in [3.8, 4) is 24.3 Å². The Bertz CT molecular complexity index is 811. The minimum absolute atomic E-state index is 0.0149. The van der Waals surface area contributed by atoms with Gasteiger partial charge < -0.3 is 20.6 Å². The van der Waals surface area contributed by atoms with Crippen LogP contribution in [-0.2, 0) is 12.8 Å². The Labute approximate surface area is 184 Å². The van der Waals surface area contributed by atoms with Crippen molar-refractivity contribution in [1.29, 1.82) is 0 Å². The molecule has 2 rings (SSSR count). The quantitative estimate of drug-likeness (QED) is 0.293. The molecule has 0 aliphatic heterocycles. The highest BCUT2D eigenvalue weighted by Gasteiger charge is 2.15. The number of aliphatic hydroxyl groups is 1. The van der Waals surface area contributed by atoms with Crippen LogP contribution in [0.4, 0.5) is 8.78 Å². The molecule has 0 bridgehead atoms. The first-order chi connectivity index (χ1) is 14.9. The van der Waals surface area contributed by atoms with E-state index in [1.807, 2.05) is 6.92 Å². The first-order valence-electron chi connectivity index (χ1n) is 10.5. The number of phenolic OH excluding ortho intramolecular Hbond substituents is 2. The molecule has 2 aromatic rings. The van der Waals surface area contributed by atoms with Crippen LogP contribution in [-0.4, -0.2) is 34.5 Å². The number of unbranched alkanes of at least 4 members (excludes halogenated alkanes) is 2. The molecule has 31 heavy (non-hydrogen) atoms. The predicted molar refractivity (Wildman–Crippen MR) is 120 cm³/mol. The van der Waals surface area contributed by atoms with E-state index in [0.29, 0.717) is 36.9 Å². The van der Waals surface area contributed by atoms with Crippen molar-refractivity contribution in [3.05, 3.63) is 59.2 Å². The Morgan fingerprint density at radius 2 is 1.42 bits per heavy atom. The molecule has 0 aromatic heterocycles. The molecule has 0 radical (unpaired) electrons. The molecule has 170 valence electrons. The number of benzene rings is 2. The van der Waals surface area contributed by atoms with Crippen LogP contribution in [0.25, 0.3) is 0 Å². The van der Waals surface area contributed by atoms with Crippen LogP contribution in [0.15, 0.2) is 36.4 Å². The van der Waals surface area contributed by atoms with Gasteiger partial charge in [0.1, 0.15) is 23.1 Å². The van der Waals surface area contributed by atoms with Crippen molar-refractivity contribution in [1.82, 2.24) is 5.32 Å². The van der Waals surface area contributed by atoms with Crippen LogP contribution in [0.2, 0.25) is 0 Å². The Kier molecular flexibility index (Phi) is 12.3. The predicted octanol–water partition coefficient (Wildman–Crippen LogP) is 4.56. The summed E-state index contributed by atoms with van der Waals surface area (Å²) in [5.41, 5.74) is 1.19. The lowest BCUT2D eigenvalue weighted by Crippen LogP contribution is -2.32. The molecular formula is C25H33F2NO3. The number of hydrogen-bond donors (Lipinski definition) is 4. The number of aromatic hydroxyl groups is 2. The lowest BCUT2D eigenvalue weighted by Gasteiger charge is -2.19. The molecule has 0 aliphatic carbocycles. The second-order valence-electron chi connectivity index (χ2n) is 7.64. The maximum atomic E-state index is 13.3. The van der Waals surface area contributed by atoms with E-state index >= 15 is 0 Å². The van der Waals surface area contributed by atoms with Gasteiger partial charge in [-0.2, -0.15) is 0 Å². The summed E-state index contributed by atoms with van der Waals surface area (Å²) in [5, 5.41) is 33.0. The molecule has 0 fully saturated rings. The molecule has 0 saturated carbocycles. The van der Waals surface area contributed by atoms with E-state index < -0.39 is 6.10 Å². The molecule has 4 nitrogen and oxygen atoms in total. The number of nitrogens with one attached hydrogen (secondary N) is 1. The van der Waals surface area contributed by atoms with Crippen LogP contribution in [0, 0.1) is 30.4 Å². The van der Waals surface area contributed by atoms with Crippen molar-refractivity contribution >= 4 is 0 Å². The third-order valence-electron chi connectivity index (χ3n) is 5.26. The molecule has 4 N–H and O–H groups in total. The number of terminal acetylenes is 1. The zero-order valence-electron chi connectivity index (χ0n) is 18.0. The van der Waals surface area contributed by atoms with E-state index in [0.717, 1.165) is 25.8 Å². The van der Waals surface area contributed by atoms with Gasteiger partial charge in [0.2, 0.25) is 0 Å². The Morgan fingerprint density at radius 3 is 2.00 bits per heavy atom. The SMILES string of the molecule is C#C.CC(CCc1cc(F)ccc1O)[C@@H](O)CNCCCCCc1cc(F)ccc1O. The molecule has 2 atom stereocenters. The van der Waals surface area contributed by atoms with Crippen molar-refractivity contribution < 1.29 is 24.1 Å². The average molecular weight is 434 g/mol. The van der Waals surface area contributed by atoms with E-state index in [1.165, 1.54) is 36.4 Å². The average Bonchev–Trinajstić information content (AvgIpc) is 2.76. The van der Waals surface area contributed by atoms with Gasteiger partial charge in [-0.15, -0.1) is 12.8 Å².